The summed E-state index contributed by atoms with van der Waals surface area (Å²) in [6.45, 7) is 3.93. The molecule has 0 heterocycles. The zero-order valence-corrected chi connectivity index (χ0v) is 14.2. The van der Waals surface area contributed by atoms with Crippen LogP contribution in [0.2, 0.25) is 15.1 Å². The van der Waals surface area contributed by atoms with Crippen molar-refractivity contribution in [1.29, 1.82) is 0 Å². The molecular formula is C12H16Cl3NO3S. The Bertz CT molecular complexity index is 552. The number of primary sulfonamides is 1. The van der Waals surface area contributed by atoms with Crippen LogP contribution in [-0.4, -0.2) is 20.8 Å². The van der Waals surface area contributed by atoms with Gasteiger partial charge in [-0.3, -0.25) is 0 Å². The molecule has 0 aromatic heterocycles. The van der Waals surface area contributed by atoms with Crippen LogP contribution in [0.3, 0.4) is 0 Å². The third-order valence-corrected chi connectivity index (χ3v) is 4.47. The summed E-state index contributed by atoms with van der Waals surface area (Å²) in [5.74, 6) is -0.0446. The molecule has 0 radical (unpaired) electrons. The summed E-state index contributed by atoms with van der Waals surface area (Å²) in [5, 5.41) is 6.03. The van der Waals surface area contributed by atoms with Gasteiger partial charge in [-0.25, -0.2) is 13.6 Å². The van der Waals surface area contributed by atoms with E-state index < -0.39 is 10.0 Å². The maximum Gasteiger partial charge on any atom is 0.209 e. The summed E-state index contributed by atoms with van der Waals surface area (Å²) in [7, 11) is -3.57. The van der Waals surface area contributed by atoms with Gasteiger partial charge in [0.2, 0.25) is 10.0 Å². The molecule has 0 saturated heterocycles. The van der Waals surface area contributed by atoms with Gasteiger partial charge in [-0.15, -0.1) is 0 Å². The summed E-state index contributed by atoms with van der Waals surface area (Å²) in [6.07, 6.45) is 0. The third kappa shape index (κ3) is 5.66. The van der Waals surface area contributed by atoms with Gasteiger partial charge in [0, 0.05) is 10.9 Å². The molecule has 1 unspecified atom stereocenters. The Morgan fingerprint density at radius 3 is 2.10 bits per heavy atom. The molecule has 1 rings (SSSR count). The van der Waals surface area contributed by atoms with Crippen molar-refractivity contribution in [2.75, 3.05) is 12.4 Å². The lowest BCUT2D eigenvalue weighted by atomic mass is 9.99. The third-order valence-electron chi connectivity index (χ3n) is 2.79. The molecule has 0 aliphatic heterocycles. The molecule has 20 heavy (non-hydrogen) atoms. The summed E-state index contributed by atoms with van der Waals surface area (Å²) in [6, 6.07) is 3.02. The summed E-state index contributed by atoms with van der Waals surface area (Å²) >= 11 is 17.8. The van der Waals surface area contributed by atoms with Crippen LogP contribution < -0.4 is 9.88 Å². The van der Waals surface area contributed by atoms with Crippen molar-refractivity contribution in [1.82, 2.24) is 0 Å². The highest BCUT2D eigenvalue weighted by Gasteiger charge is 2.21. The van der Waals surface area contributed by atoms with Crippen LogP contribution >= 0.6 is 34.8 Å². The van der Waals surface area contributed by atoms with Crippen molar-refractivity contribution in [3.63, 3.8) is 0 Å². The number of ether oxygens (including phenoxy) is 1. The highest BCUT2D eigenvalue weighted by molar-refractivity contribution is 7.89. The Kier molecular flexibility index (Phi) is 6.41. The molecule has 114 valence electrons. The van der Waals surface area contributed by atoms with E-state index in [0.717, 1.165) is 0 Å². The molecule has 4 nitrogen and oxygen atoms in total. The van der Waals surface area contributed by atoms with E-state index in [2.05, 4.69) is 0 Å². The SMILES string of the molecule is CC(C)C(COc1c(Cl)cc(Cl)cc1Cl)CS(N)(=O)=O. The topological polar surface area (TPSA) is 69.4 Å². The van der Waals surface area contributed by atoms with Gasteiger partial charge in [0.1, 0.15) is 0 Å². The Morgan fingerprint density at radius 2 is 1.70 bits per heavy atom. The summed E-state index contributed by atoms with van der Waals surface area (Å²) in [4.78, 5) is 0. The Hall–Kier alpha value is -0.200. The monoisotopic (exact) mass is 359 g/mol. The molecule has 0 amide bonds. The Morgan fingerprint density at radius 1 is 1.20 bits per heavy atom. The lowest BCUT2D eigenvalue weighted by molar-refractivity contribution is 0.225. The molecule has 2 N–H and O–H groups in total. The predicted octanol–water partition coefficient (Wildman–Crippen LogP) is 3.59. The smallest absolute Gasteiger partial charge is 0.209 e. The van der Waals surface area contributed by atoms with Crippen LogP contribution in [0.4, 0.5) is 0 Å². The van der Waals surface area contributed by atoms with Gasteiger partial charge in [-0.2, -0.15) is 0 Å². The molecule has 0 aliphatic carbocycles. The number of hydrogen-bond donors (Lipinski definition) is 1. The zero-order chi connectivity index (χ0) is 15.5. The van der Waals surface area contributed by atoms with Gasteiger partial charge in [-0.05, 0) is 18.1 Å². The quantitative estimate of drug-likeness (QED) is 0.843. The maximum absolute atomic E-state index is 11.2. The lowest BCUT2D eigenvalue weighted by Crippen LogP contribution is -2.30. The predicted molar refractivity (Wildman–Crippen MR) is 83.3 cm³/mol. The number of benzene rings is 1. The fourth-order valence-corrected chi connectivity index (χ4v) is 3.59. The van der Waals surface area contributed by atoms with E-state index in [1.54, 1.807) is 0 Å². The molecule has 0 fully saturated rings. The fourth-order valence-electron chi connectivity index (χ4n) is 1.59. The number of sulfonamides is 1. The van der Waals surface area contributed by atoms with E-state index >= 15 is 0 Å². The zero-order valence-electron chi connectivity index (χ0n) is 11.1. The first-order chi connectivity index (χ1) is 9.10. The minimum absolute atomic E-state index is 0.0816. The fraction of sp³-hybridized carbons (Fsp3) is 0.500. The Labute approximate surface area is 134 Å². The van der Waals surface area contributed by atoms with E-state index in [1.165, 1.54) is 12.1 Å². The number of halogens is 3. The second-order valence-corrected chi connectivity index (χ2v) is 7.75. The second kappa shape index (κ2) is 7.18. The second-order valence-electron chi connectivity index (χ2n) is 4.84. The average molecular weight is 361 g/mol. The Balaban J connectivity index is 2.83. The van der Waals surface area contributed by atoms with Gasteiger partial charge >= 0.3 is 0 Å². The minimum atomic E-state index is -3.57. The van der Waals surface area contributed by atoms with E-state index in [-0.39, 0.29) is 40.0 Å². The first kappa shape index (κ1) is 17.9. The van der Waals surface area contributed by atoms with Crippen LogP contribution in [0.25, 0.3) is 0 Å². The van der Waals surface area contributed by atoms with Gasteiger partial charge in [-0.1, -0.05) is 48.7 Å². The van der Waals surface area contributed by atoms with Crippen LogP contribution in [0.15, 0.2) is 12.1 Å². The first-order valence-corrected chi connectivity index (χ1v) is 8.73. The molecule has 1 aromatic rings. The molecule has 0 bridgehead atoms. The number of nitrogens with two attached hydrogens (primary N) is 1. The van der Waals surface area contributed by atoms with Crippen molar-refractivity contribution >= 4 is 44.8 Å². The summed E-state index contributed by atoms with van der Waals surface area (Å²) in [5.41, 5.74) is 0. The number of hydrogen-bond acceptors (Lipinski definition) is 3. The van der Waals surface area contributed by atoms with Crippen LogP contribution in [-0.2, 0) is 10.0 Å². The lowest BCUT2D eigenvalue weighted by Gasteiger charge is -2.21. The van der Waals surface area contributed by atoms with E-state index in [1.807, 2.05) is 13.8 Å². The average Bonchev–Trinajstić information content (AvgIpc) is 2.23. The van der Waals surface area contributed by atoms with Crippen LogP contribution in [0.1, 0.15) is 13.8 Å². The van der Waals surface area contributed by atoms with E-state index in [4.69, 9.17) is 44.7 Å². The molecule has 0 saturated carbocycles. The largest absolute Gasteiger partial charge is 0.490 e. The van der Waals surface area contributed by atoms with Crippen molar-refractivity contribution in [3.05, 3.63) is 27.2 Å². The molecule has 1 atom stereocenters. The van der Waals surface area contributed by atoms with Gasteiger partial charge in [0.15, 0.2) is 5.75 Å². The highest BCUT2D eigenvalue weighted by Crippen LogP contribution is 2.36. The van der Waals surface area contributed by atoms with E-state index in [9.17, 15) is 8.42 Å². The number of rotatable bonds is 6. The molecular weight excluding hydrogens is 345 g/mol. The molecule has 0 aliphatic rings. The van der Waals surface area contributed by atoms with Crippen LogP contribution in [0.5, 0.6) is 5.75 Å². The van der Waals surface area contributed by atoms with Crippen molar-refractivity contribution in [2.45, 2.75) is 13.8 Å². The van der Waals surface area contributed by atoms with Crippen molar-refractivity contribution in [3.8, 4) is 5.75 Å². The molecule has 0 spiro atoms. The highest BCUT2D eigenvalue weighted by atomic mass is 35.5. The van der Waals surface area contributed by atoms with E-state index in [0.29, 0.717) is 5.02 Å². The van der Waals surface area contributed by atoms with Crippen molar-refractivity contribution in [2.24, 2.45) is 17.0 Å². The maximum atomic E-state index is 11.2. The summed E-state index contributed by atoms with van der Waals surface area (Å²) < 4.78 is 27.9. The van der Waals surface area contributed by atoms with Gasteiger partial charge in [0.25, 0.3) is 0 Å². The van der Waals surface area contributed by atoms with Gasteiger partial charge < -0.3 is 4.74 Å². The molecule has 8 heteroatoms. The standard InChI is InChI=1S/C12H16Cl3NO3S/c1-7(2)8(6-20(16,17)18)5-19-12-10(14)3-9(13)4-11(12)15/h3-4,7-8H,5-6H2,1-2H3,(H2,16,17,18). The normalized spacial score (nSPS) is 13.6. The van der Waals surface area contributed by atoms with Crippen molar-refractivity contribution < 1.29 is 13.2 Å². The van der Waals surface area contributed by atoms with Crippen LogP contribution in [0, 0.1) is 11.8 Å². The first-order valence-electron chi connectivity index (χ1n) is 5.88. The molecule has 1 aromatic carbocycles. The minimum Gasteiger partial charge on any atom is -0.490 e. The van der Waals surface area contributed by atoms with Gasteiger partial charge in [0.05, 0.1) is 22.4 Å².